The molecule has 20 N–H and O–H groups in total. The maximum atomic E-state index is 10.9. The van der Waals surface area contributed by atoms with Gasteiger partial charge in [0.2, 0.25) is 0 Å². The first kappa shape index (κ1) is 71.8. The Kier molecular flexibility index (Phi) is 52.0. The Balaban J connectivity index is -0.000000110. The van der Waals surface area contributed by atoms with E-state index in [0.717, 1.165) is 30.3 Å². The molecule has 0 aliphatic rings. The smallest absolute Gasteiger partial charge is 0.330 e. The normalized spacial score (nSPS) is 11.9. The van der Waals surface area contributed by atoms with Crippen molar-refractivity contribution in [2.45, 2.75) is 18.2 Å². The summed E-state index contributed by atoms with van der Waals surface area (Å²) < 4.78 is 63.4. The van der Waals surface area contributed by atoms with Gasteiger partial charge in [-0.25, -0.2) is 0 Å². The van der Waals surface area contributed by atoms with Crippen LogP contribution < -0.4 is 27.8 Å². The summed E-state index contributed by atoms with van der Waals surface area (Å²) in [6.07, 6.45) is 0. The zero-order valence-electron chi connectivity index (χ0n) is 27.8. The van der Waals surface area contributed by atoms with E-state index in [1.807, 2.05) is 9.12 Å². The topological polar surface area (TPSA) is 447 Å². The fourth-order valence-electron chi connectivity index (χ4n) is 2.07. The Morgan fingerprint density at radius 2 is 0.833 bits per heavy atom. The predicted molar refractivity (Wildman–Crippen MR) is 228 cm³/mol. The van der Waals surface area contributed by atoms with Crippen LogP contribution in [-0.4, -0.2) is 152 Å². The minimum atomic E-state index is -4.84. The van der Waals surface area contributed by atoms with Crippen molar-refractivity contribution >= 4 is 118 Å². The van der Waals surface area contributed by atoms with Crippen LogP contribution >= 0.6 is 110 Å². The van der Waals surface area contributed by atoms with Crippen LogP contribution in [0.1, 0.15) is 7.43 Å². The molecule has 23 nitrogen and oxygen atoms in total. The van der Waals surface area contributed by atoms with E-state index in [0.29, 0.717) is 31.1 Å². The third-order valence-electron chi connectivity index (χ3n) is 4.30. The largest absolute Gasteiger partial charge is 0.363 e. The van der Waals surface area contributed by atoms with Crippen molar-refractivity contribution in [1.82, 2.24) is 10.6 Å². The second-order valence-electron chi connectivity index (χ2n) is 8.61. The van der Waals surface area contributed by atoms with Gasteiger partial charge in [-0.05, 0) is 0 Å². The molecule has 0 heterocycles. The monoisotopic (exact) mass is 1060 g/mol. The number of nitrogens with one attached hydrogen (secondary N) is 2. The number of rotatable bonds is 23. The number of thiol groups is 1. The van der Waals surface area contributed by atoms with E-state index in [4.69, 9.17) is 75.9 Å². The Labute approximate surface area is 352 Å². The molecule has 0 spiro atoms. The van der Waals surface area contributed by atoms with E-state index in [1.54, 1.807) is 32.4 Å². The fourth-order valence-corrected chi connectivity index (χ4v) is 11.7. The molecule has 0 saturated carbocycles. The van der Waals surface area contributed by atoms with Crippen molar-refractivity contribution < 1.29 is 105 Å². The SMILES string of the molecule is C.C=C(P(=O)(O)O)P(=O)(O)O.NCCSSCCN.NCCSSCCNCC(P(=O)(O)O)P(=O)(O)O.O=P(O)(O)C(CNCCS)P(=O)(O)O.[B]P.[V]. The van der Waals surface area contributed by atoms with Crippen molar-refractivity contribution in [3.05, 3.63) is 11.6 Å². The van der Waals surface area contributed by atoms with Crippen LogP contribution in [-0.2, 0) is 45.9 Å². The molecule has 0 aromatic rings. The standard InChI is InChI=1S/C6H18N2O6P2S2.C4H12N2S2.C4H13NO6P2S.C2H6O6P2.CH4.BH2P.V/c7-1-3-17-18-4-2-8-5-6(15(9,10)11)16(12,13)14;5-1-3-7-8-4-2-6;6-12(7,8)4(13(9,10)11)3-5-1-2-14;1-2(9(3,4)5)10(6,7)8;;1-2;/h6,8H,1-5,7H2,(H2,9,10,11)(H2,12,13,14);1-6H2;4-5,14H,1-3H2,(H2,6,7,8)(H2,9,10,11);1H2,(H2,3,4,5)(H2,6,7,8);1H4;2H2;. The first-order valence-electron chi connectivity index (χ1n) is 13.4. The van der Waals surface area contributed by atoms with E-state index in [9.17, 15) is 27.4 Å². The van der Waals surface area contributed by atoms with Crippen LogP contribution in [0.5, 0.6) is 0 Å². The third kappa shape index (κ3) is 47.9. The second kappa shape index (κ2) is 39.1. The molecular weight excluding hydrogens is 1000 g/mol. The second-order valence-corrected chi connectivity index (χ2v) is 26.1. The van der Waals surface area contributed by atoms with Gasteiger partial charge in [0.15, 0.2) is 10.8 Å². The van der Waals surface area contributed by atoms with Crippen molar-refractivity contribution in [3.8, 4) is 0 Å². The molecule has 54 heavy (non-hydrogen) atoms. The van der Waals surface area contributed by atoms with Gasteiger partial charge < -0.3 is 86.6 Å². The van der Waals surface area contributed by atoms with Gasteiger partial charge in [-0.1, -0.05) is 57.2 Å². The molecule has 0 saturated heterocycles. The van der Waals surface area contributed by atoms with Gasteiger partial charge in [-0.2, -0.15) is 21.7 Å². The number of hydrogen-bond donors (Lipinski definition) is 18. The molecule has 3 radical (unpaired) electrons. The van der Waals surface area contributed by atoms with Crippen LogP contribution in [0.15, 0.2) is 11.6 Å². The molecule has 0 aromatic carbocycles. The van der Waals surface area contributed by atoms with Crippen molar-refractivity contribution in [2.75, 3.05) is 74.6 Å². The molecule has 37 heteroatoms. The quantitative estimate of drug-likeness (QED) is 0.0201. The van der Waals surface area contributed by atoms with E-state index in [-0.39, 0.29) is 26.0 Å². The fraction of sp³-hybridized carbons (Fsp3) is 0.882. The van der Waals surface area contributed by atoms with Gasteiger partial charge in [0.25, 0.3) is 0 Å². The Bertz CT molecular complexity index is 1140. The van der Waals surface area contributed by atoms with E-state index in [2.05, 4.69) is 37.4 Å². The van der Waals surface area contributed by atoms with Gasteiger partial charge >= 0.3 is 45.6 Å². The van der Waals surface area contributed by atoms with Crippen molar-refractivity contribution in [3.63, 3.8) is 0 Å². The van der Waals surface area contributed by atoms with Crippen molar-refractivity contribution in [2.24, 2.45) is 17.2 Å². The van der Waals surface area contributed by atoms with E-state index < -0.39 is 74.5 Å². The number of hydrogen-bond acceptors (Lipinski definition) is 16. The van der Waals surface area contributed by atoms with Crippen LogP contribution in [0.2, 0.25) is 0 Å². The summed E-state index contributed by atoms with van der Waals surface area (Å²) in [4.78, 5) is 103. The zero-order chi connectivity index (χ0) is 42.5. The zero-order valence-corrected chi connectivity index (χ0v) is 39.8. The summed E-state index contributed by atoms with van der Waals surface area (Å²) >= 11 is 3.82. The molecule has 0 amide bonds. The van der Waals surface area contributed by atoms with Crippen molar-refractivity contribution in [1.29, 1.82) is 0 Å². The van der Waals surface area contributed by atoms with E-state index in [1.165, 1.54) is 10.8 Å². The molecule has 1 unspecified atom stereocenters. The molecule has 0 fully saturated rings. The summed E-state index contributed by atoms with van der Waals surface area (Å²) in [5, 5.41) is -0.191. The average Bonchev–Trinajstić information content (AvgIpc) is 2.97. The Morgan fingerprint density at radius 1 is 0.593 bits per heavy atom. The maximum absolute atomic E-state index is 10.9. The number of nitrogens with two attached hydrogens (primary N) is 3. The summed E-state index contributed by atoms with van der Waals surface area (Å²) in [7, 11) is -15.9. The third-order valence-corrected chi connectivity index (χ3v) is 19.8. The molecular formula is C17H55BN5O18P7S5V. The first-order chi connectivity index (χ1) is 23.5. The maximum Gasteiger partial charge on any atom is 0.363 e. The minimum absolute atomic E-state index is 0. The van der Waals surface area contributed by atoms with Crippen LogP contribution in [0.25, 0.3) is 0 Å². The van der Waals surface area contributed by atoms with Gasteiger partial charge in [0, 0.05) is 93.1 Å². The molecule has 0 aliphatic heterocycles. The Morgan fingerprint density at radius 3 is 1.02 bits per heavy atom. The molecule has 0 rings (SSSR count). The summed E-state index contributed by atoms with van der Waals surface area (Å²) in [5.41, 5.74) is 15.8. The van der Waals surface area contributed by atoms with E-state index >= 15 is 0 Å². The predicted octanol–water partition coefficient (Wildman–Crippen LogP) is -0.538. The van der Waals surface area contributed by atoms with Crippen LogP contribution in [0, 0.1) is 0 Å². The molecule has 0 aromatic heterocycles. The van der Waals surface area contributed by atoms with Crippen LogP contribution in [0.3, 0.4) is 0 Å². The summed E-state index contributed by atoms with van der Waals surface area (Å²) in [6.45, 7) is 4.54. The van der Waals surface area contributed by atoms with Gasteiger partial charge in [-0.15, -0.1) is 0 Å². The Hall–Kier alpha value is 3.27. The van der Waals surface area contributed by atoms with Gasteiger partial charge in [-0.3, -0.25) is 27.4 Å². The van der Waals surface area contributed by atoms with Gasteiger partial charge in [0.1, 0.15) is 5.06 Å². The summed E-state index contributed by atoms with van der Waals surface area (Å²) in [5.74, 6) is 3.93. The average molecular weight is 1060 g/mol. The van der Waals surface area contributed by atoms with Gasteiger partial charge in [0.05, 0.1) is 7.57 Å². The molecule has 0 aliphatic carbocycles. The molecule has 329 valence electrons. The molecule has 1 atom stereocenters. The first-order valence-corrected chi connectivity index (χ1v) is 29.6. The van der Waals surface area contributed by atoms with Crippen LogP contribution in [0.4, 0.5) is 0 Å². The minimum Gasteiger partial charge on any atom is -0.330 e. The molecule has 0 bridgehead atoms. The summed E-state index contributed by atoms with van der Waals surface area (Å²) in [6, 6.07) is 0.